The monoisotopic (exact) mass is 470 g/mol. The van der Waals surface area contributed by atoms with Gasteiger partial charge in [-0.2, -0.15) is 0 Å². The minimum atomic E-state index is -0.833. The van der Waals surface area contributed by atoms with E-state index in [2.05, 4.69) is 10.1 Å². The van der Waals surface area contributed by atoms with Gasteiger partial charge in [0, 0.05) is 55.1 Å². The van der Waals surface area contributed by atoms with Crippen LogP contribution in [0.3, 0.4) is 0 Å². The predicted octanol–water partition coefficient (Wildman–Crippen LogP) is 3.68. The Morgan fingerprint density at radius 2 is 1.97 bits per heavy atom. The van der Waals surface area contributed by atoms with E-state index in [0.29, 0.717) is 11.5 Å². The molecule has 0 bridgehead atoms. The van der Waals surface area contributed by atoms with Gasteiger partial charge >= 0.3 is 0 Å². The van der Waals surface area contributed by atoms with Gasteiger partial charge in [0.1, 0.15) is 11.6 Å². The summed E-state index contributed by atoms with van der Waals surface area (Å²) in [5.41, 5.74) is 3.38. The van der Waals surface area contributed by atoms with Gasteiger partial charge in [0.05, 0.1) is 5.69 Å². The van der Waals surface area contributed by atoms with Gasteiger partial charge in [-0.25, -0.2) is 9.37 Å². The van der Waals surface area contributed by atoms with Gasteiger partial charge in [-0.3, -0.25) is 14.2 Å². The van der Waals surface area contributed by atoms with Crippen molar-refractivity contribution in [2.45, 2.75) is 64.8 Å². The summed E-state index contributed by atoms with van der Waals surface area (Å²) in [6, 6.07) is 4.63. The number of carboxylic acid groups (broad SMARTS) is 1. The molecule has 1 N–H and O–H groups in total. The third-order valence-corrected chi connectivity index (χ3v) is 6.69. The zero-order valence-electron chi connectivity index (χ0n) is 19.7. The SMILES string of the molecule is CC(=O)O.Cc1nc2n(c(=O)c1CCN1CCC(c3noc4cc(F)ccc34)CC1)CCCC2. The van der Waals surface area contributed by atoms with E-state index < -0.39 is 5.97 Å². The van der Waals surface area contributed by atoms with Crippen LogP contribution in [-0.2, 0) is 24.2 Å². The van der Waals surface area contributed by atoms with Gasteiger partial charge in [0.25, 0.3) is 11.5 Å². The zero-order valence-corrected chi connectivity index (χ0v) is 19.7. The topological polar surface area (TPSA) is 101 Å². The number of nitrogens with zero attached hydrogens (tertiary/aromatic N) is 4. The molecule has 3 aromatic rings. The van der Waals surface area contributed by atoms with Crippen molar-refractivity contribution in [1.82, 2.24) is 19.6 Å². The highest BCUT2D eigenvalue weighted by Gasteiger charge is 2.25. The van der Waals surface area contributed by atoms with Crippen molar-refractivity contribution in [3.63, 3.8) is 0 Å². The lowest BCUT2D eigenvalue weighted by molar-refractivity contribution is -0.134. The van der Waals surface area contributed by atoms with Gasteiger partial charge in [-0.1, -0.05) is 5.16 Å². The zero-order chi connectivity index (χ0) is 24.2. The van der Waals surface area contributed by atoms with E-state index in [-0.39, 0.29) is 11.4 Å². The molecule has 0 spiro atoms. The summed E-state index contributed by atoms with van der Waals surface area (Å²) in [6.07, 6.45) is 5.81. The molecule has 0 unspecified atom stereocenters. The predicted molar refractivity (Wildman–Crippen MR) is 126 cm³/mol. The number of aliphatic carboxylic acids is 1. The number of carbonyl (C=O) groups is 1. The van der Waals surface area contributed by atoms with Crippen molar-refractivity contribution >= 4 is 16.9 Å². The third-order valence-electron chi connectivity index (χ3n) is 6.69. The Bertz CT molecular complexity index is 1220. The van der Waals surface area contributed by atoms with Crippen LogP contribution in [-0.4, -0.2) is 50.3 Å². The highest BCUT2D eigenvalue weighted by molar-refractivity contribution is 5.79. The lowest BCUT2D eigenvalue weighted by atomic mass is 9.91. The number of benzene rings is 1. The standard InChI is InChI=1S/C23H27FN4O2.C2H4O2/c1-15-18(23(29)28-10-3-2-4-21(28)25-15)9-13-27-11-7-16(8-12-27)22-19-6-5-17(24)14-20(19)30-26-22;1-2(3)4/h5-6,14,16H,2-4,7-13H2,1H3;1H3,(H,3,4). The third kappa shape index (κ3) is 5.35. The summed E-state index contributed by atoms with van der Waals surface area (Å²) in [6.45, 7) is 6.64. The van der Waals surface area contributed by atoms with E-state index in [0.717, 1.165) is 99.8 Å². The maximum atomic E-state index is 13.4. The van der Waals surface area contributed by atoms with Crippen molar-refractivity contribution in [2.24, 2.45) is 0 Å². The molecule has 0 amide bonds. The van der Waals surface area contributed by atoms with Gasteiger partial charge < -0.3 is 14.5 Å². The van der Waals surface area contributed by atoms with Crippen molar-refractivity contribution in [3.05, 3.63) is 57.1 Å². The molecular weight excluding hydrogens is 439 g/mol. The van der Waals surface area contributed by atoms with E-state index in [1.807, 2.05) is 11.5 Å². The average Bonchev–Trinajstić information content (AvgIpc) is 3.22. The molecule has 0 saturated carbocycles. The van der Waals surface area contributed by atoms with Crippen LogP contribution < -0.4 is 5.56 Å². The number of hydrogen-bond donors (Lipinski definition) is 1. The van der Waals surface area contributed by atoms with Crippen molar-refractivity contribution < 1.29 is 18.8 Å². The summed E-state index contributed by atoms with van der Waals surface area (Å²) in [7, 11) is 0. The number of rotatable bonds is 4. The Morgan fingerprint density at radius 3 is 2.71 bits per heavy atom. The first-order valence-electron chi connectivity index (χ1n) is 11.9. The second kappa shape index (κ2) is 10.5. The molecule has 1 aromatic carbocycles. The van der Waals surface area contributed by atoms with E-state index in [1.54, 1.807) is 6.07 Å². The van der Waals surface area contributed by atoms with Crippen LogP contribution >= 0.6 is 0 Å². The second-order valence-electron chi connectivity index (χ2n) is 9.10. The quantitative estimate of drug-likeness (QED) is 0.621. The maximum absolute atomic E-state index is 13.4. The molecule has 0 atom stereocenters. The molecule has 0 radical (unpaired) electrons. The number of halogens is 1. The molecule has 2 aromatic heterocycles. The van der Waals surface area contributed by atoms with Gasteiger partial charge in [0.15, 0.2) is 5.58 Å². The number of aryl methyl sites for hydroxylation is 2. The molecule has 9 heteroatoms. The molecule has 0 aliphatic carbocycles. The summed E-state index contributed by atoms with van der Waals surface area (Å²) >= 11 is 0. The summed E-state index contributed by atoms with van der Waals surface area (Å²) in [4.78, 5) is 29.1. The van der Waals surface area contributed by atoms with Crippen LogP contribution in [0.15, 0.2) is 27.5 Å². The molecule has 5 rings (SSSR count). The van der Waals surface area contributed by atoms with Crippen molar-refractivity contribution in [1.29, 1.82) is 0 Å². The molecule has 2 aliphatic rings. The largest absolute Gasteiger partial charge is 0.481 e. The van der Waals surface area contributed by atoms with Gasteiger partial charge in [0.2, 0.25) is 0 Å². The average molecular weight is 471 g/mol. The van der Waals surface area contributed by atoms with Crippen LogP contribution in [0.25, 0.3) is 11.0 Å². The van der Waals surface area contributed by atoms with E-state index in [1.165, 1.54) is 12.1 Å². The first-order chi connectivity index (χ1) is 16.3. The van der Waals surface area contributed by atoms with Crippen LogP contribution in [0.1, 0.15) is 61.3 Å². The molecule has 1 saturated heterocycles. The Hall–Kier alpha value is -3.07. The van der Waals surface area contributed by atoms with Crippen LogP contribution in [0.4, 0.5) is 4.39 Å². The van der Waals surface area contributed by atoms with Crippen LogP contribution in [0.2, 0.25) is 0 Å². The fourth-order valence-electron chi connectivity index (χ4n) is 4.94. The molecule has 182 valence electrons. The Labute approximate surface area is 197 Å². The van der Waals surface area contributed by atoms with E-state index in [9.17, 15) is 9.18 Å². The Balaban J connectivity index is 0.000000636. The minimum absolute atomic E-state index is 0.161. The minimum Gasteiger partial charge on any atom is -0.481 e. The number of hydrogen-bond acceptors (Lipinski definition) is 6. The lowest BCUT2D eigenvalue weighted by Gasteiger charge is -2.31. The van der Waals surface area contributed by atoms with E-state index >= 15 is 0 Å². The summed E-state index contributed by atoms with van der Waals surface area (Å²) in [5.74, 6) is 0.140. The lowest BCUT2D eigenvalue weighted by Crippen LogP contribution is -2.37. The van der Waals surface area contributed by atoms with Crippen molar-refractivity contribution in [3.8, 4) is 0 Å². The smallest absolute Gasteiger partial charge is 0.300 e. The number of fused-ring (bicyclic) bond motifs is 2. The molecule has 34 heavy (non-hydrogen) atoms. The van der Waals surface area contributed by atoms with E-state index in [4.69, 9.17) is 19.4 Å². The number of piperidine rings is 1. The van der Waals surface area contributed by atoms with Gasteiger partial charge in [-0.15, -0.1) is 0 Å². The normalized spacial score (nSPS) is 16.7. The number of carboxylic acids is 1. The second-order valence-corrected chi connectivity index (χ2v) is 9.10. The summed E-state index contributed by atoms with van der Waals surface area (Å²) in [5, 5.41) is 12.6. The number of aromatic nitrogens is 3. The highest BCUT2D eigenvalue weighted by Crippen LogP contribution is 2.32. The molecule has 2 aliphatic heterocycles. The molecule has 1 fully saturated rings. The first kappa shape index (κ1) is 24.1. The first-order valence-corrected chi connectivity index (χ1v) is 11.9. The number of likely N-dealkylation sites (tertiary alicyclic amines) is 1. The van der Waals surface area contributed by atoms with Crippen LogP contribution in [0, 0.1) is 12.7 Å². The molecular formula is C25H31FN4O4. The van der Waals surface area contributed by atoms with Gasteiger partial charge in [-0.05, 0) is 64.3 Å². The molecule has 4 heterocycles. The fraction of sp³-hybridized carbons (Fsp3) is 0.520. The van der Waals surface area contributed by atoms with Crippen molar-refractivity contribution in [2.75, 3.05) is 19.6 Å². The molecule has 8 nitrogen and oxygen atoms in total. The highest BCUT2D eigenvalue weighted by atomic mass is 19.1. The van der Waals surface area contributed by atoms with Crippen LogP contribution in [0.5, 0.6) is 0 Å². The summed E-state index contributed by atoms with van der Waals surface area (Å²) < 4.78 is 20.6. The maximum Gasteiger partial charge on any atom is 0.300 e. The Morgan fingerprint density at radius 1 is 1.24 bits per heavy atom. The fourth-order valence-corrected chi connectivity index (χ4v) is 4.94. The Kier molecular flexibility index (Phi) is 7.41.